The molecule has 0 saturated carbocycles. The van der Waals surface area contributed by atoms with Crippen molar-refractivity contribution in [2.45, 2.75) is 19.4 Å². The first kappa shape index (κ1) is 8.37. The molecule has 1 rings (SSSR count). The molecule has 1 heterocycles. The fourth-order valence-electron chi connectivity index (χ4n) is 1.16. The Bertz CT molecular complexity index is 89.6. The summed E-state index contributed by atoms with van der Waals surface area (Å²) in [5, 5.41) is 0. The molecule has 1 atom stereocenters. The summed E-state index contributed by atoms with van der Waals surface area (Å²) in [6.07, 6.45) is 1.56. The molecule has 0 amide bonds. The second-order valence-electron chi connectivity index (χ2n) is 2.62. The summed E-state index contributed by atoms with van der Waals surface area (Å²) in [6, 6.07) is 0. The average molecular weight is 161 g/mol. The molecule has 0 aromatic carbocycles. The van der Waals surface area contributed by atoms with Crippen LogP contribution in [0.1, 0.15) is 13.3 Å². The number of hydrogen-bond donors (Lipinski definition) is 1. The third-order valence-electron chi connectivity index (χ3n) is 1.88. The van der Waals surface area contributed by atoms with Gasteiger partial charge in [0.25, 0.3) is 0 Å². The minimum atomic E-state index is 0.445. The van der Waals surface area contributed by atoms with E-state index in [-0.39, 0.29) is 0 Å². The highest BCUT2D eigenvalue weighted by Gasteiger charge is 2.16. The zero-order chi connectivity index (χ0) is 7.40. The Hall–Kier alpha value is 0.270. The van der Waals surface area contributed by atoms with E-state index in [0.717, 1.165) is 32.0 Å². The van der Waals surface area contributed by atoms with Gasteiger partial charge in [-0.1, -0.05) is 6.92 Å². The van der Waals surface area contributed by atoms with Crippen LogP contribution >= 0.6 is 12.6 Å². The van der Waals surface area contributed by atoms with Crippen molar-refractivity contribution in [3.05, 3.63) is 0 Å². The highest BCUT2D eigenvalue weighted by atomic mass is 32.1. The summed E-state index contributed by atoms with van der Waals surface area (Å²) in [5.74, 6) is 0.861. The first-order valence-electron chi connectivity index (χ1n) is 3.81. The third-order valence-corrected chi connectivity index (χ3v) is 2.28. The zero-order valence-corrected chi connectivity index (χ0v) is 7.31. The number of nitrogens with zero attached hydrogens (tertiary/aromatic N) is 1. The van der Waals surface area contributed by atoms with Crippen LogP contribution in [-0.2, 0) is 4.74 Å². The molecule has 1 unspecified atom stereocenters. The van der Waals surface area contributed by atoms with Gasteiger partial charge in [-0.3, -0.25) is 4.90 Å². The molecule has 0 bridgehead atoms. The van der Waals surface area contributed by atoms with Gasteiger partial charge in [0.05, 0.1) is 12.7 Å². The lowest BCUT2D eigenvalue weighted by molar-refractivity contribution is -0.0227. The largest absolute Gasteiger partial charge is 0.376 e. The lowest BCUT2D eigenvalue weighted by Gasteiger charge is -2.30. The molecule has 1 aliphatic rings. The highest BCUT2D eigenvalue weighted by Crippen LogP contribution is 2.07. The van der Waals surface area contributed by atoms with Crippen LogP contribution in [0.2, 0.25) is 0 Å². The van der Waals surface area contributed by atoms with E-state index in [1.165, 1.54) is 0 Å². The van der Waals surface area contributed by atoms with Gasteiger partial charge < -0.3 is 4.74 Å². The molecule has 1 aliphatic heterocycles. The van der Waals surface area contributed by atoms with Gasteiger partial charge in [-0.15, -0.1) is 0 Å². The van der Waals surface area contributed by atoms with Crippen molar-refractivity contribution in [1.82, 2.24) is 4.90 Å². The maximum atomic E-state index is 5.48. The Morgan fingerprint density at radius 2 is 2.50 bits per heavy atom. The Morgan fingerprint density at radius 3 is 3.10 bits per heavy atom. The third kappa shape index (κ3) is 2.15. The monoisotopic (exact) mass is 161 g/mol. The molecular weight excluding hydrogens is 146 g/mol. The van der Waals surface area contributed by atoms with Crippen LogP contribution in [-0.4, -0.2) is 36.6 Å². The van der Waals surface area contributed by atoms with E-state index in [9.17, 15) is 0 Å². The maximum Gasteiger partial charge on any atom is 0.0700 e. The van der Waals surface area contributed by atoms with Crippen molar-refractivity contribution in [2.24, 2.45) is 0 Å². The van der Waals surface area contributed by atoms with Gasteiger partial charge >= 0.3 is 0 Å². The van der Waals surface area contributed by atoms with Gasteiger partial charge in [0, 0.05) is 19.0 Å². The summed E-state index contributed by atoms with van der Waals surface area (Å²) in [4.78, 5) is 2.31. The van der Waals surface area contributed by atoms with Crippen LogP contribution in [0.3, 0.4) is 0 Å². The Kier molecular flexibility index (Phi) is 3.52. The SMILES string of the molecule is CCC1CN(CS)CCO1. The van der Waals surface area contributed by atoms with Gasteiger partial charge in [0.2, 0.25) is 0 Å². The standard InChI is InChI=1S/C7H15NOS/c1-2-7-5-8(6-10)3-4-9-7/h7,10H,2-6H2,1H3. The van der Waals surface area contributed by atoms with E-state index in [4.69, 9.17) is 4.74 Å². The summed E-state index contributed by atoms with van der Waals surface area (Å²) in [7, 11) is 0. The van der Waals surface area contributed by atoms with Crippen molar-refractivity contribution < 1.29 is 4.74 Å². The fourth-order valence-corrected chi connectivity index (χ4v) is 1.41. The highest BCUT2D eigenvalue weighted by molar-refractivity contribution is 7.80. The number of hydrogen-bond acceptors (Lipinski definition) is 3. The van der Waals surface area contributed by atoms with Crippen LogP contribution in [0, 0.1) is 0 Å². The minimum Gasteiger partial charge on any atom is -0.376 e. The van der Waals surface area contributed by atoms with Crippen LogP contribution in [0.15, 0.2) is 0 Å². The van der Waals surface area contributed by atoms with Gasteiger partial charge in [-0.25, -0.2) is 0 Å². The summed E-state index contributed by atoms with van der Waals surface area (Å²) in [6.45, 7) is 5.13. The van der Waals surface area contributed by atoms with Gasteiger partial charge in [0.1, 0.15) is 0 Å². The normalized spacial score (nSPS) is 28.8. The molecule has 1 saturated heterocycles. The molecule has 1 fully saturated rings. The molecule has 60 valence electrons. The second-order valence-corrected chi connectivity index (χ2v) is 2.90. The Balaban J connectivity index is 2.25. The second kappa shape index (κ2) is 4.21. The first-order chi connectivity index (χ1) is 4.86. The van der Waals surface area contributed by atoms with Crippen molar-refractivity contribution in [3.8, 4) is 0 Å². The van der Waals surface area contributed by atoms with Crippen molar-refractivity contribution >= 4 is 12.6 Å². The van der Waals surface area contributed by atoms with E-state index in [2.05, 4.69) is 24.5 Å². The average Bonchev–Trinajstić information content (AvgIpc) is 2.05. The molecule has 0 spiro atoms. The van der Waals surface area contributed by atoms with Crippen LogP contribution in [0.25, 0.3) is 0 Å². The van der Waals surface area contributed by atoms with Gasteiger partial charge in [-0.05, 0) is 6.42 Å². The quantitative estimate of drug-likeness (QED) is 0.606. The van der Waals surface area contributed by atoms with Gasteiger partial charge in [0.15, 0.2) is 0 Å². The zero-order valence-electron chi connectivity index (χ0n) is 6.42. The number of ether oxygens (including phenoxy) is 1. The van der Waals surface area contributed by atoms with Crippen molar-refractivity contribution in [2.75, 3.05) is 25.6 Å². The molecule has 0 aromatic heterocycles. The molecule has 0 aliphatic carbocycles. The molecule has 3 heteroatoms. The van der Waals surface area contributed by atoms with Crippen molar-refractivity contribution in [3.63, 3.8) is 0 Å². The van der Waals surface area contributed by atoms with Crippen LogP contribution in [0.5, 0.6) is 0 Å². The molecule has 0 radical (unpaired) electrons. The predicted octanol–water partition coefficient (Wildman–Crippen LogP) is 0.984. The number of rotatable bonds is 2. The number of thiol groups is 1. The molecule has 10 heavy (non-hydrogen) atoms. The Morgan fingerprint density at radius 1 is 1.70 bits per heavy atom. The smallest absolute Gasteiger partial charge is 0.0700 e. The summed E-state index contributed by atoms with van der Waals surface area (Å²) >= 11 is 4.21. The van der Waals surface area contributed by atoms with E-state index in [1.54, 1.807) is 0 Å². The van der Waals surface area contributed by atoms with E-state index < -0.39 is 0 Å². The van der Waals surface area contributed by atoms with E-state index in [1.807, 2.05) is 0 Å². The lowest BCUT2D eigenvalue weighted by Crippen LogP contribution is -2.41. The molecular formula is C7H15NOS. The lowest BCUT2D eigenvalue weighted by atomic mass is 10.2. The first-order valence-corrected chi connectivity index (χ1v) is 4.45. The fraction of sp³-hybridized carbons (Fsp3) is 1.00. The summed E-state index contributed by atoms with van der Waals surface area (Å²) in [5.41, 5.74) is 0. The topological polar surface area (TPSA) is 12.5 Å². The summed E-state index contributed by atoms with van der Waals surface area (Å²) < 4.78 is 5.48. The van der Waals surface area contributed by atoms with Crippen molar-refractivity contribution in [1.29, 1.82) is 0 Å². The van der Waals surface area contributed by atoms with Crippen LogP contribution in [0.4, 0.5) is 0 Å². The molecule has 2 nitrogen and oxygen atoms in total. The minimum absolute atomic E-state index is 0.445. The van der Waals surface area contributed by atoms with E-state index >= 15 is 0 Å². The van der Waals surface area contributed by atoms with E-state index in [0.29, 0.717) is 6.10 Å². The molecule has 0 N–H and O–H groups in total. The predicted molar refractivity (Wildman–Crippen MR) is 45.5 cm³/mol. The van der Waals surface area contributed by atoms with Gasteiger partial charge in [-0.2, -0.15) is 12.6 Å². The Labute approximate surface area is 68.0 Å². The number of morpholine rings is 1. The van der Waals surface area contributed by atoms with Crippen LogP contribution < -0.4 is 0 Å². The maximum absolute atomic E-state index is 5.48. The molecule has 0 aromatic rings.